The molecule has 0 spiro atoms. The number of pyridine rings is 1. The first-order valence-electron chi connectivity index (χ1n) is 3.86. The van der Waals surface area contributed by atoms with E-state index >= 15 is 0 Å². The summed E-state index contributed by atoms with van der Waals surface area (Å²) >= 11 is 0. The monoisotopic (exact) mass is 212 g/mol. The van der Waals surface area contributed by atoms with Crippen LogP contribution in [0, 0.1) is 11.3 Å². The van der Waals surface area contributed by atoms with E-state index in [0.717, 1.165) is 6.07 Å². The Kier molecular flexibility index (Phi) is 3.29. The average Bonchev–Trinajstić information content (AvgIpc) is 2.26. The average molecular weight is 212 g/mol. The molecule has 0 amide bonds. The van der Waals surface area contributed by atoms with Crippen LogP contribution < -0.4 is 4.74 Å². The zero-order valence-electron chi connectivity index (χ0n) is 7.70. The Balaban J connectivity index is 3.42. The van der Waals surface area contributed by atoms with Gasteiger partial charge in [0.1, 0.15) is 23.2 Å². The van der Waals surface area contributed by atoms with Gasteiger partial charge >= 0.3 is 0 Å². The minimum absolute atomic E-state index is 0.00551. The van der Waals surface area contributed by atoms with Gasteiger partial charge in [-0.05, 0) is 0 Å². The van der Waals surface area contributed by atoms with Crippen molar-refractivity contribution >= 4 is 6.29 Å². The lowest BCUT2D eigenvalue weighted by Crippen LogP contribution is -2.02. The Bertz CT molecular complexity index is 427. The van der Waals surface area contributed by atoms with Gasteiger partial charge in [0.05, 0.1) is 12.7 Å². The summed E-state index contributed by atoms with van der Waals surface area (Å²) in [6.45, 7) is 0. The third kappa shape index (κ3) is 2.07. The molecule has 78 valence electrons. The van der Waals surface area contributed by atoms with Crippen molar-refractivity contribution < 1.29 is 18.3 Å². The molecule has 0 atom stereocenters. The number of hydrogen-bond donors (Lipinski definition) is 0. The van der Waals surface area contributed by atoms with Gasteiger partial charge < -0.3 is 4.74 Å². The number of methoxy groups -OCH3 is 1. The fraction of sp³-hybridized carbons (Fsp3) is 0.222. The van der Waals surface area contributed by atoms with Gasteiger partial charge in [-0.25, -0.2) is 13.8 Å². The molecule has 0 saturated heterocycles. The first-order chi connectivity index (χ1) is 7.13. The molecule has 0 aliphatic heterocycles. The van der Waals surface area contributed by atoms with Crippen molar-refractivity contribution in [3.8, 4) is 11.8 Å². The minimum atomic E-state index is -2.90. The Labute approximate surface area is 84.1 Å². The minimum Gasteiger partial charge on any atom is -0.494 e. The molecule has 1 heterocycles. The van der Waals surface area contributed by atoms with E-state index in [9.17, 15) is 13.6 Å². The molecule has 0 unspecified atom stereocenters. The van der Waals surface area contributed by atoms with Crippen LogP contribution >= 0.6 is 0 Å². The van der Waals surface area contributed by atoms with E-state index in [1.165, 1.54) is 7.11 Å². The molecule has 0 aromatic carbocycles. The van der Waals surface area contributed by atoms with Crippen molar-refractivity contribution in [3.63, 3.8) is 0 Å². The Morgan fingerprint density at radius 3 is 2.73 bits per heavy atom. The van der Waals surface area contributed by atoms with Crippen LogP contribution in [0.4, 0.5) is 8.78 Å². The summed E-state index contributed by atoms with van der Waals surface area (Å²) in [5, 5.41) is 8.58. The van der Waals surface area contributed by atoms with Gasteiger partial charge in [-0.1, -0.05) is 0 Å². The van der Waals surface area contributed by atoms with Crippen molar-refractivity contribution in [2.24, 2.45) is 0 Å². The molecule has 0 aliphatic carbocycles. The number of carbonyl (C=O) groups is 1. The fourth-order valence-electron chi connectivity index (χ4n) is 1.03. The number of rotatable bonds is 3. The quantitative estimate of drug-likeness (QED) is 0.715. The second-order valence-electron chi connectivity index (χ2n) is 2.54. The van der Waals surface area contributed by atoms with Crippen molar-refractivity contribution in [3.05, 3.63) is 23.0 Å². The molecule has 0 aliphatic rings. The number of ether oxygens (including phenoxy) is 1. The zero-order chi connectivity index (χ0) is 11.4. The molecule has 0 radical (unpaired) electrons. The van der Waals surface area contributed by atoms with Gasteiger partial charge in [-0.3, -0.25) is 4.79 Å². The fourth-order valence-corrected chi connectivity index (χ4v) is 1.03. The number of hydrogen-bond acceptors (Lipinski definition) is 4. The Morgan fingerprint density at radius 1 is 1.67 bits per heavy atom. The predicted octanol–water partition coefficient (Wildman–Crippen LogP) is 1.71. The summed E-state index contributed by atoms with van der Waals surface area (Å²) in [5.41, 5.74) is -1.25. The molecule has 1 rings (SSSR count). The molecule has 0 N–H and O–H groups in total. The largest absolute Gasteiger partial charge is 0.494 e. The van der Waals surface area contributed by atoms with Crippen LogP contribution in [-0.4, -0.2) is 18.4 Å². The number of aromatic nitrogens is 1. The van der Waals surface area contributed by atoms with E-state index in [1.807, 2.05) is 0 Å². The number of alkyl halides is 2. The molecular weight excluding hydrogens is 206 g/mol. The molecule has 0 fully saturated rings. The van der Waals surface area contributed by atoms with Crippen LogP contribution in [0.3, 0.4) is 0 Å². The van der Waals surface area contributed by atoms with E-state index in [0.29, 0.717) is 6.29 Å². The van der Waals surface area contributed by atoms with E-state index in [-0.39, 0.29) is 17.0 Å². The molecule has 4 nitrogen and oxygen atoms in total. The molecule has 1 aromatic rings. The van der Waals surface area contributed by atoms with Crippen LogP contribution in [0.1, 0.15) is 28.2 Å². The van der Waals surface area contributed by atoms with Gasteiger partial charge in [0.2, 0.25) is 0 Å². The van der Waals surface area contributed by atoms with Crippen molar-refractivity contribution in [1.82, 2.24) is 4.98 Å². The highest BCUT2D eigenvalue weighted by molar-refractivity contribution is 5.77. The summed E-state index contributed by atoms with van der Waals surface area (Å²) < 4.78 is 29.5. The normalized spacial score (nSPS) is 9.80. The summed E-state index contributed by atoms with van der Waals surface area (Å²) in [6.07, 6.45) is -2.60. The summed E-state index contributed by atoms with van der Waals surface area (Å²) in [6, 6.07) is 2.63. The Hall–Kier alpha value is -2.03. The number of carbonyl (C=O) groups excluding carboxylic acids is 1. The standard InChI is InChI=1S/C9H6F2N2O2/c1-15-7-2-5(3-12)8(9(10)11)13-6(7)4-14/h2,4,9H,1H3. The van der Waals surface area contributed by atoms with Gasteiger partial charge in [0, 0.05) is 6.07 Å². The first kappa shape index (κ1) is 11.0. The van der Waals surface area contributed by atoms with Crippen molar-refractivity contribution in [2.45, 2.75) is 6.43 Å². The zero-order valence-corrected chi connectivity index (χ0v) is 7.70. The molecule has 1 aromatic heterocycles. The number of nitriles is 1. The summed E-state index contributed by atoms with van der Waals surface area (Å²) in [4.78, 5) is 13.9. The highest BCUT2D eigenvalue weighted by Gasteiger charge is 2.18. The molecule has 0 bridgehead atoms. The Morgan fingerprint density at radius 2 is 2.33 bits per heavy atom. The maximum Gasteiger partial charge on any atom is 0.281 e. The van der Waals surface area contributed by atoms with E-state index < -0.39 is 12.1 Å². The molecule has 15 heavy (non-hydrogen) atoms. The van der Waals surface area contributed by atoms with Crippen LogP contribution in [0.2, 0.25) is 0 Å². The number of halogens is 2. The van der Waals surface area contributed by atoms with Crippen LogP contribution in [0.5, 0.6) is 5.75 Å². The van der Waals surface area contributed by atoms with Gasteiger partial charge in [-0.2, -0.15) is 5.26 Å². The van der Waals surface area contributed by atoms with Gasteiger partial charge in [-0.15, -0.1) is 0 Å². The number of nitrogens with zero attached hydrogens (tertiary/aromatic N) is 2. The van der Waals surface area contributed by atoms with Crippen LogP contribution in [0.25, 0.3) is 0 Å². The summed E-state index contributed by atoms with van der Waals surface area (Å²) in [5.74, 6) is 0.00551. The maximum absolute atomic E-state index is 12.4. The third-order valence-electron chi connectivity index (χ3n) is 1.70. The summed E-state index contributed by atoms with van der Waals surface area (Å²) in [7, 11) is 1.26. The van der Waals surface area contributed by atoms with Crippen LogP contribution in [-0.2, 0) is 0 Å². The second-order valence-corrected chi connectivity index (χ2v) is 2.54. The predicted molar refractivity (Wildman–Crippen MR) is 45.8 cm³/mol. The van der Waals surface area contributed by atoms with E-state index in [1.54, 1.807) is 6.07 Å². The van der Waals surface area contributed by atoms with Crippen molar-refractivity contribution in [1.29, 1.82) is 5.26 Å². The lowest BCUT2D eigenvalue weighted by molar-refractivity contribution is 0.111. The highest BCUT2D eigenvalue weighted by atomic mass is 19.3. The van der Waals surface area contributed by atoms with Crippen molar-refractivity contribution in [2.75, 3.05) is 7.11 Å². The SMILES string of the molecule is COc1cc(C#N)c(C(F)F)nc1C=O. The molecule has 6 heteroatoms. The third-order valence-corrected chi connectivity index (χ3v) is 1.70. The first-order valence-corrected chi connectivity index (χ1v) is 3.86. The molecular formula is C9H6F2N2O2. The van der Waals surface area contributed by atoms with E-state index in [2.05, 4.69) is 4.98 Å². The van der Waals surface area contributed by atoms with Gasteiger partial charge in [0.15, 0.2) is 6.29 Å². The maximum atomic E-state index is 12.4. The topological polar surface area (TPSA) is 63.0 Å². The van der Waals surface area contributed by atoms with Crippen LogP contribution in [0.15, 0.2) is 6.07 Å². The smallest absolute Gasteiger partial charge is 0.281 e. The lowest BCUT2D eigenvalue weighted by atomic mass is 10.2. The second kappa shape index (κ2) is 4.46. The lowest BCUT2D eigenvalue weighted by Gasteiger charge is -2.06. The molecule has 0 saturated carbocycles. The van der Waals surface area contributed by atoms with Gasteiger partial charge in [0.25, 0.3) is 6.43 Å². The van der Waals surface area contributed by atoms with E-state index in [4.69, 9.17) is 10.00 Å². The highest BCUT2D eigenvalue weighted by Crippen LogP contribution is 2.25. The number of aldehydes is 1.